The van der Waals surface area contributed by atoms with Gasteiger partial charge in [-0.2, -0.15) is 0 Å². The van der Waals surface area contributed by atoms with Crippen molar-refractivity contribution in [1.82, 2.24) is 34.2 Å². The van der Waals surface area contributed by atoms with Crippen molar-refractivity contribution < 1.29 is 23.9 Å². The molecule has 1 aliphatic heterocycles. The Morgan fingerprint density at radius 3 is 2.35 bits per heavy atom. The lowest BCUT2D eigenvalue weighted by molar-refractivity contribution is -0.147. The number of nitrogens with one attached hydrogen (secondary N) is 1. The first-order valence-electron chi connectivity index (χ1n) is 16.2. The van der Waals surface area contributed by atoms with Gasteiger partial charge in [-0.05, 0) is 63.1 Å². The van der Waals surface area contributed by atoms with E-state index in [0.29, 0.717) is 40.3 Å². The second kappa shape index (κ2) is 14.7. The molecule has 48 heavy (non-hydrogen) atoms. The summed E-state index contributed by atoms with van der Waals surface area (Å²) in [6.45, 7) is 8.92. The minimum Gasteiger partial charge on any atom is -0.456 e. The molecule has 4 aromatic rings. The van der Waals surface area contributed by atoms with Crippen molar-refractivity contribution in [2.24, 2.45) is 5.92 Å². The van der Waals surface area contributed by atoms with Crippen molar-refractivity contribution in [3.63, 3.8) is 0 Å². The number of amides is 4. The van der Waals surface area contributed by atoms with Crippen molar-refractivity contribution in [2.45, 2.75) is 78.7 Å². The Kier molecular flexibility index (Phi) is 10.4. The summed E-state index contributed by atoms with van der Waals surface area (Å²) in [5, 5.41) is 2.83. The highest BCUT2D eigenvalue weighted by molar-refractivity contribution is 6.13. The largest absolute Gasteiger partial charge is 0.456 e. The summed E-state index contributed by atoms with van der Waals surface area (Å²) < 4.78 is 7.52. The molecule has 5 heterocycles. The normalized spacial score (nSPS) is 16.1. The predicted molar refractivity (Wildman–Crippen MR) is 177 cm³/mol. The Labute approximate surface area is 279 Å². The number of carbonyl (C=O) groups is 4. The van der Waals surface area contributed by atoms with Crippen molar-refractivity contribution in [1.29, 1.82) is 0 Å². The predicted octanol–water partition coefficient (Wildman–Crippen LogP) is 4.72. The van der Waals surface area contributed by atoms with Crippen LogP contribution in [-0.2, 0) is 25.5 Å². The fourth-order valence-corrected chi connectivity index (χ4v) is 5.22. The number of ether oxygens (including phenoxy) is 1. The maximum absolute atomic E-state index is 12.8. The Morgan fingerprint density at radius 1 is 1.04 bits per heavy atom. The summed E-state index contributed by atoms with van der Waals surface area (Å²) in [4.78, 5) is 73.2. The first-order valence-corrected chi connectivity index (χ1v) is 16.2. The van der Waals surface area contributed by atoms with Crippen LogP contribution in [0.25, 0.3) is 5.65 Å². The van der Waals surface area contributed by atoms with Crippen LogP contribution >= 0.6 is 0 Å². The lowest BCUT2D eigenvalue weighted by atomic mass is 10.1. The maximum Gasteiger partial charge on any atom is 0.331 e. The van der Waals surface area contributed by atoms with Crippen LogP contribution in [0.5, 0.6) is 0 Å². The van der Waals surface area contributed by atoms with Gasteiger partial charge >= 0.3 is 12.0 Å². The molecule has 14 heteroatoms. The number of urea groups is 1. The number of aryl methyl sites for hydroxylation is 2. The third-order valence-electron chi connectivity index (χ3n) is 7.95. The standard InChI is InChI=1S/C27H29N7O5.C5H6N2.C2H6/c1-14-28-20(10-23(29-14)31-26(37)17-6-7-17)22(39-15(2)35)9-19-12-33-11-18(16-4-5-16)8-21(25(33)30-19)34-13-24(36)32(3)27(34)38;1-5-2-3-6-4-7-5;1-2/h8,10-12,16-17,22H,4-7,9,13H2,1-3H3,(H,28,29,31,37);2-4H,1H3;1-2H3. The molecule has 4 aromatic heterocycles. The molecular weight excluding hydrogens is 614 g/mol. The van der Waals surface area contributed by atoms with Crippen molar-refractivity contribution in [2.75, 3.05) is 23.8 Å². The number of imide groups is 1. The first kappa shape index (κ1) is 34.1. The average molecular weight is 656 g/mol. The number of carbonyl (C=O) groups excluding carboxylic acids is 4. The molecule has 1 atom stereocenters. The Hall–Kier alpha value is -5.27. The molecule has 3 aliphatic rings. The maximum atomic E-state index is 12.8. The van der Waals surface area contributed by atoms with E-state index in [0.717, 1.165) is 41.8 Å². The molecule has 1 N–H and O–H groups in total. The molecule has 3 fully saturated rings. The van der Waals surface area contributed by atoms with Gasteiger partial charge < -0.3 is 14.5 Å². The number of esters is 1. The number of likely N-dealkylation sites (N-methyl/N-ethyl adjacent to an activating group) is 1. The number of pyridine rings is 1. The fourth-order valence-electron chi connectivity index (χ4n) is 5.22. The summed E-state index contributed by atoms with van der Waals surface area (Å²) in [6, 6.07) is 5.03. The second-order valence-electron chi connectivity index (χ2n) is 11.9. The van der Waals surface area contributed by atoms with Crippen LogP contribution in [0.3, 0.4) is 0 Å². The molecule has 2 aliphatic carbocycles. The molecule has 0 radical (unpaired) electrons. The molecule has 0 spiro atoms. The minimum atomic E-state index is -0.779. The van der Waals surface area contributed by atoms with Crippen molar-refractivity contribution >= 4 is 41.0 Å². The average Bonchev–Trinajstić information content (AvgIpc) is 4.00. The Bertz CT molecular complexity index is 1820. The van der Waals surface area contributed by atoms with Crippen molar-refractivity contribution in [3.8, 4) is 0 Å². The molecule has 7 rings (SSSR count). The molecule has 252 valence electrons. The lowest BCUT2D eigenvalue weighted by Gasteiger charge is -2.17. The molecule has 4 amide bonds. The van der Waals surface area contributed by atoms with Crippen LogP contribution in [0, 0.1) is 19.8 Å². The van der Waals surface area contributed by atoms with Crippen LogP contribution in [-0.4, -0.2) is 71.6 Å². The van der Waals surface area contributed by atoms with Crippen LogP contribution < -0.4 is 10.2 Å². The van der Waals surface area contributed by atoms with E-state index in [2.05, 4.69) is 25.3 Å². The lowest BCUT2D eigenvalue weighted by Crippen LogP contribution is -2.30. The highest BCUT2D eigenvalue weighted by Crippen LogP contribution is 2.42. The number of rotatable bonds is 8. The Morgan fingerprint density at radius 2 is 1.79 bits per heavy atom. The van der Waals surface area contributed by atoms with Gasteiger partial charge in [-0.3, -0.25) is 24.2 Å². The zero-order valence-electron chi connectivity index (χ0n) is 28.1. The molecule has 1 unspecified atom stereocenters. The number of fused-ring (bicyclic) bond motifs is 1. The second-order valence-corrected chi connectivity index (χ2v) is 11.9. The molecule has 0 bridgehead atoms. The SMILES string of the molecule is CC.CC(=O)OC(Cc1cn2cc(C3CC3)cc(N3CC(=O)N(C)C3=O)c2n1)c1cc(NC(=O)C2CC2)nc(C)n1.Cc1ccncn1. The quantitative estimate of drug-likeness (QED) is 0.208. The zero-order chi connectivity index (χ0) is 34.5. The Balaban J connectivity index is 0.000000440. The van der Waals surface area contributed by atoms with Crippen LogP contribution in [0.1, 0.15) is 86.9 Å². The third kappa shape index (κ3) is 8.17. The number of anilines is 2. The van der Waals surface area contributed by atoms with E-state index in [9.17, 15) is 19.2 Å². The smallest absolute Gasteiger partial charge is 0.331 e. The van der Waals surface area contributed by atoms with E-state index >= 15 is 0 Å². The summed E-state index contributed by atoms with van der Waals surface area (Å²) in [7, 11) is 1.47. The summed E-state index contributed by atoms with van der Waals surface area (Å²) in [5.74, 6) is 0.376. The van der Waals surface area contributed by atoms with Gasteiger partial charge in [0.2, 0.25) is 11.8 Å². The van der Waals surface area contributed by atoms with Crippen LogP contribution in [0.4, 0.5) is 16.3 Å². The molecule has 2 saturated carbocycles. The van der Waals surface area contributed by atoms with Gasteiger partial charge in [0.1, 0.15) is 30.6 Å². The van der Waals surface area contributed by atoms with Gasteiger partial charge in [0.15, 0.2) is 5.65 Å². The topological polar surface area (TPSA) is 165 Å². The van der Waals surface area contributed by atoms with Crippen LogP contribution in [0.15, 0.2) is 43.1 Å². The van der Waals surface area contributed by atoms with E-state index in [1.807, 2.05) is 49.7 Å². The summed E-state index contributed by atoms with van der Waals surface area (Å²) in [5.41, 5.74) is 4.25. The van der Waals surface area contributed by atoms with Crippen molar-refractivity contribution in [3.05, 3.63) is 71.6 Å². The summed E-state index contributed by atoms with van der Waals surface area (Å²) >= 11 is 0. The minimum absolute atomic E-state index is 0.0123. The molecule has 0 aromatic carbocycles. The monoisotopic (exact) mass is 655 g/mol. The van der Waals surface area contributed by atoms with E-state index in [1.54, 1.807) is 19.2 Å². The van der Waals surface area contributed by atoms with Gasteiger partial charge in [-0.15, -0.1) is 0 Å². The number of imidazole rings is 1. The van der Waals surface area contributed by atoms with E-state index in [1.165, 1.54) is 25.2 Å². The van der Waals surface area contributed by atoms with Gasteiger partial charge in [0, 0.05) is 56.7 Å². The van der Waals surface area contributed by atoms with E-state index in [-0.39, 0.29) is 30.7 Å². The highest BCUT2D eigenvalue weighted by atomic mass is 16.5. The third-order valence-corrected chi connectivity index (χ3v) is 7.95. The van der Waals surface area contributed by atoms with Gasteiger partial charge in [0.05, 0.1) is 17.1 Å². The molecular formula is C34H41N9O5. The number of nitrogens with zero attached hydrogens (tertiary/aromatic N) is 8. The number of aromatic nitrogens is 6. The van der Waals surface area contributed by atoms with Gasteiger partial charge in [-0.25, -0.2) is 29.7 Å². The number of hydrogen-bond donors (Lipinski definition) is 1. The van der Waals surface area contributed by atoms with Gasteiger partial charge in [0.25, 0.3) is 0 Å². The van der Waals surface area contributed by atoms with E-state index in [4.69, 9.17) is 9.72 Å². The summed E-state index contributed by atoms with van der Waals surface area (Å²) in [6.07, 6.45) is 10.4. The molecule has 1 saturated heterocycles. The van der Waals surface area contributed by atoms with Crippen LogP contribution in [0.2, 0.25) is 0 Å². The zero-order valence-corrected chi connectivity index (χ0v) is 28.1. The fraction of sp³-hybridized carbons (Fsp3) is 0.441. The first-order chi connectivity index (χ1) is 23.0. The highest BCUT2D eigenvalue weighted by Gasteiger charge is 2.37. The van der Waals surface area contributed by atoms with E-state index < -0.39 is 18.1 Å². The number of hydrogen-bond acceptors (Lipinski definition) is 10. The van der Waals surface area contributed by atoms with Gasteiger partial charge in [-0.1, -0.05) is 13.8 Å². The molecule has 14 nitrogen and oxygen atoms in total.